The highest BCUT2D eigenvalue weighted by Gasteiger charge is 2.30. The second-order valence-electron chi connectivity index (χ2n) is 6.88. The van der Waals surface area contributed by atoms with E-state index in [1.165, 1.54) is 12.0 Å². The van der Waals surface area contributed by atoms with Crippen molar-refractivity contribution in [2.75, 3.05) is 20.3 Å². The third kappa shape index (κ3) is 6.77. The fourth-order valence-electron chi connectivity index (χ4n) is 3.10. The minimum Gasteiger partial charge on any atom is -0.493 e. The molecule has 168 valence electrons. The van der Waals surface area contributed by atoms with Crippen LogP contribution >= 0.6 is 23.2 Å². The van der Waals surface area contributed by atoms with E-state index in [0.29, 0.717) is 40.1 Å². The van der Waals surface area contributed by atoms with Crippen LogP contribution < -0.4 is 14.8 Å². The summed E-state index contributed by atoms with van der Waals surface area (Å²) < 4.78 is 11.0. The van der Waals surface area contributed by atoms with Crippen LogP contribution in [0.4, 0.5) is 0 Å². The van der Waals surface area contributed by atoms with Crippen molar-refractivity contribution in [3.8, 4) is 11.5 Å². The molecule has 6 nitrogen and oxygen atoms in total. The number of amides is 2. The Balaban J connectivity index is 2.28. The second kappa shape index (κ2) is 12.4. The number of ether oxygens (including phenoxy) is 2. The third-order valence-corrected chi connectivity index (χ3v) is 5.45. The number of para-hydroxylation sites is 2. The summed E-state index contributed by atoms with van der Waals surface area (Å²) >= 11 is 12.7. The molecule has 0 aliphatic carbocycles. The number of rotatable bonds is 11. The van der Waals surface area contributed by atoms with Crippen molar-refractivity contribution < 1.29 is 19.1 Å². The topological polar surface area (TPSA) is 67.9 Å². The molecule has 0 heterocycles. The van der Waals surface area contributed by atoms with Crippen molar-refractivity contribution in [3.05, 3.63) is 58.1 Å². The lowest BCUT2D eigenvalue weighted by Gasteiger charge is -2.31. The van der Waals surface area contributed by atoms with E-state index in [0.717, 1.165) is 6.42 Å². The first-order chi connectivity index (χ1) is 14.9. The second-order valence-corrected chi connectivity index (χ2v) is 7.69. The molecule has 0 spiro atoms. The minimum atomic E-state index is -0.687. The van der Waals surface area contributed by atoms with Gasteiger partial charge in [0, 0.05) is 28.7 Å². The SMILES string of the molecule is CCCNC(=O)[C@@H](CC)N(Cc1c(Cl)cccc1Cl)C(=O)COc1ccccc1OC. The van der Waals surface area contributed by atoms with Gasteiger partial charge in [-0.25, -0.2) is 0 Å². The maximum atomic E-state index is 13.2. The molecule has 0 aliphatic heterocycles. The average Bonchev–Trinajstić information content (AvgIpc) is 2.77. The minimum absolute atomic E-state index is 0.0880. The summed E-state index contributed by atoms with van der Waals surface area (Å²) in [5.74, 6) is 0.375. The number of nitrogens with one attached hydrogen (secondary N) is 1. The van der Waals surface area contributed by atoms with Crippen LogP contribution in [0.25, 0.3) is 0 Å². The number of nitrogens with zero attached hydrogens (tertiary/aromatic N) is 1. The highest BCUT2D eigenvalue weighted by molar-refractivity contribution is 6.36. The van der Waals surface area contributed by atoms with E-state index >= 15 is 0 Å². The smallest absolute Gasteiger partial charge is 0.261 e. The number of methoxy groups -OCH3 is 1. The van der Waals surface area contributed by atoms with Gasteiger partial charge in [0.2, 0.25) is 5.91 Å². The molecule has 0 radical (unpaired) electrons. The van der Waals surface area contributed by atoms with Gasteiger partial charge >= 0.3 is 0 Å². The van der Waals surface area contributed by atoms with Gasteiger partial charge in [-0.2, -0.15) is 0 Å². The summed E-state index contributed by atoms with van der Waals surface area (Å²) in [4.78, 5) is 27.5. The molecule has 0 aromatic heterocycles. The molecule has 1 N–H and O–H groups in total. The maximum Gasteiger partial charge on any atom is 0.261 e. The van der Waals surface area contributed by atoms with E-state index in [9.17, 15) is 9.59 Å². The molecule has 2 rings (SSSR count). The van der Waals surface area contributed by atoms with Crippen LogP contribution in [0, 0.1) is 0 Å². The Hall–Kier alpha value is -2.44. The Morgan fingerprint density at radius 2 is 1.68 bits per heavy atom. The Morgan fingerprint density at radius 1 is 1.03 bits per heavy atom. The van der Waals surface area contributed by atoms with E-state index < -0.39 is 6.04 Å². The summed E-state index contributed by atoms with van der Waals surface area (Å²) in [5.41, 5.74) is 0.582. The number of benzene rings is 2. The molecule has 0 aliphatic rings. The molecule has 31 heavy (non-hydrogen) atoms. The first-order valence-corrected chi connectivity index (χ1v) is 10.9. The van der Waals surface area contributed by atoms with E-state index in [-0.39, 0.29) is 25.0 Å². The van der Waals surface area contributed by atoms with Gasteiger partial charge in [-0.15, -0.1) is 0 Å². The molecule has 0 fully saturated rings. The van der Waals surface area contributed by atoms with Crippen molar-refractivity contribution in [2.24, 2.45) is 0 Å². The lowest BCUT2D eigenvalue weighted by atomic mass is 10.1. The molecular formula is C23H28Cl2N2O4. The van der Waals surface area contributed by atoms with Crippen molar-refractivity contribution in [3.63, 3.8) is 0 Å². The largest absolute Gasteiger partial charge is 0.493 e. The van der Waals surface area contributed by atoms with Crippen molar-refractivity contribution >= 4 is 35.0 Å². The fourth-order valence-corrected chi connectivity index (χ4v) is 3.62. The molecular weight excluding hydrogens is 439 g/mol. The maximum absolute atomic E-state index is 13.2. The van der Waals surface area contributed by atoms with Gasteiger partial charge in [-0.3, -0.25) is 9.59 Å². The van der Waals surface area contributed by atoms with Gasteiger partial charge in [0.05, 0.1) is 7.11 Å². The third-order valence-electron chi connectivity index (χ3n) is 4.75. The summed E-state index contributed by atoms with van der Waals surface area (Å²) in [7, 11) is 1.53. The molecule has 8 heteroatoms. The summed E-state index contributed by atoms with van der Waals surface area (Å²) in [5, 5.41) is 3.73. The Kier molecular flexibility index (Phi) is 9.95. The van der Waals surface area contributed by atoms with Gasteiger partial charge in [-0.05, 0) is 37.1 Å². The Morgan fingerprint density at radius 3 is 2.26 bits per heavy atom. The van der Waals surface area contributed by atoms with Gasteiger partial charge < -0.3 is 19.7 Å². The van der Waals surface area contributed by atoms with Crippen LogP contribution in [0.1, 0.15) is 32.3 Å². The van der Waals surface area contributed by atoms with E-state index in [1.54, 1.807) is 36.4 Å². The Labute approximate surface area is 193 Å². The molecule has 2 amide bonds. The number of halogens is 2. The monoisotopic (exact) mass is 466 g/mol. The van der Waals surface area contributed by atoms with Gasteiger partial charge in [-0.1, -0.05) is 55.2 Å². The quantitative estimate of drug-likeness (QED) is 0.520. The summed E-state index contributed by atoms with van der Waals surface area (Å²) in [6.07, 6.45) is 1.22. The van der Waals surface area contributed by atoms with Crippen LogP contribution in [0.3, 0.4) is 0 Å². The first kappa shape index (κ1) is 24.8. The van der Waals surface area contributed by atoms with Crippen LogP contribution in [0.2, 0.25) is 10.0 Å². The summed E-state index contributed by atoms with van der Waals surface area (Å²) in [6.45, 7) is 4.17. The van der Waals surface area contributed by atoms with E-state index in [2.05, 4.69) is 5.32 Å². The van der Waals surface area contributed by atoms with Gasteiger partial charge in [0.25, 0.3) is 5.91 Å². The predicted molar refractivity (Wildman–Crippen MR) is 123 cm³/mol. The van der Waals surface area contributed by atoms with Crippen LogP contribution in [0.5, 0.6) is 11.5 Å². The van der Waals surface area contributed by atoms with Crippen LogP contribution in [-0.2, 0) is 16.1 Å². The van der Waals surface area contributed by atoms with Gasteiger partial charge in [0.15, 0.2) is 18.1 Å². The predicted octanol–water partition coefficient (Wildman–Crippen LogP) is 4.71. The fraction of sp³-hybridized carbons (Fsp3) is 0.391. The highest BCUT2D eigenvalue weighted by Crippen LogP contribution is 2.28. The molecule has 0 bridgehead atoms. The van der Waals surface area contributed by atoms with Crippen molar-refractivity contribution in [2.45, 2.75) is 39.3 Å². The molecule has 2 aromatic rings. The lowest BCUT2D eigenvalue weighted by molar-refractivity contribution is -0.143. The molecule has 2 aromatic carbocycles. The summed E-state index contributed by atoms with van der Waals surface area (Å²) in [6, 6.07) is 11.5. The highest BCUT2D eigenvalue weighted by atomic mass is 35.5. The normalized spacial score (nSPS) is 11.5. The first-order valence-electron chi connectivity index (χ1n) is 10.2. The molecule has 0 unspecified atom stereocenters. The number of hydrogen-bond acceptors (Lipinski definition) is 4. The molecule has 0 saturated carbocycles. The zero-order chi connectivity index (χ0) is 22.8. The zero-order valence-electron chi connectivity index (χ0n) is 18.0. The van der Waals surface area contributed by atoms with E-state index in [1.807, 2.05) is 19.9 Å². The zero-order valence-corrected chi connectivity index (χ0v) is 19.5. The molecule has 1 atom stereocenters. The Bertz CT molecular complexity index is 871. The standard InChI is InChI=1S/C23H28Cl2N2O4/c1-4-13-26-23(29)19(5-2)27(14-16-17(24)9-8-10-18(16)25)22(28)15-31-21-12-7-6-11-20(21)30-3/h6-12,19H,4-5,13-15H2,1-3H3,(H,26,29)/t19-/m1/s1. The van der Waals surface area contributed by atoms with Crippen molar-refractivity contribution in [1.29, 1.82) is 0 Å². The number of hydrogen-bond donors (Lipinski definition) is 1. The van der Waals surface area contributed by atoms with E-state index in [4.69, 9.17) is 32.7 Å². The number of carbonyl (C=O) groups is 2. The lowest BCUT2D eigenvalue weighted by Crippen LogP contribution is -2.50. The molecule has 0 saturated heterocycles. The number of carbonyl (C=O) groups excluding carboxylic acids is 2. The van der Waals surface area contributed by atoms with Crippen LogP contribution in [0.15, 0.2) is 42.5 Å². The van der Waals surface area contributed by atoms with Gasteiger partial charge in [0.1, 0.15) is 6.04 Å². The van der Waals surface area contributed by atoms with Crippen molar-refractivity contribution in [1.82, 2.24) is 10.2 Å². The average molecular weight is 467 g/mol. The van der Waals surface area contributed by atoms with Crippen LogP contribution in [-0.4, -0.2) is 43.0 Å².